The number of carbonyl (C=O) groups is 1. The highest BCUT2D eigenvalue weighted by Gasteiger charge is 2.12. The van der Waals surface area contributed by atoms with Gasteiger partial charge in [0.25, 0.3) is 11.5 Å². The van der Waals surface area contributed by atoms with E-state index in [2.05, 4.69) is 10.3 Å². The van der Waals surface area contributed by atoms with E-state index in [0.29, 0.717) is 16.5 Å². The SMILES string of the molecule is COc1ccc(Cl)cc1NC(=O)c1cc(=O)[nH]c(=O)[nH]1. The van der Waals surface area contributed by atoms with Crippen molar-refractivity contribution < 1.29 is 9.53 Å². The van der Waals surface area contributed by atoms with E-state index in [1.54, 1.807) is 12.1 Å². The quantitative estimate of drug-likeness (QED) is 0.785. The monoisotopic (exact) mass is 295 g/mol. The first kappa shape index (κ1) is 13.9. The number of aromatic amines is 2. The maximum absolute atomic E-state index is 12.0. The van der Waals surface area contributed by atoms with E-state index < -0.39 is 17.2 Å². The molecule has 2 rings (SSSR count). The molecule has 0 saturated carbocycles. The van der Waals surface area contributed by atoms with Gasteiger partial charge in [0.15, 0.2) is 0 Å². The normalized spacial score (nSPS) is 10.1. The lowest BCUT2D eigenvalue weighted by Crippen LogP contribution is -2.27. The molecule has 8 heteroatoms. The Kier molecular flexibility index (Phi) is 3.90. The van der Waals surface area contributed by atoms with Crippen molar-refractivity contribution >= 4 is 23.2 Å². The zero-order chi connectivity index (χ0) is 14.7. The van der Waals surface area contributed by atoms with E-state index in [4.69, 9.17) is 16.3 Å². The number of anilines is 1. The molecular weight excluding hydrogens is 286 g/mol. The topological polar surface area (TPSA) is 104 Å². The van der Waals surface area contributed by atoms with E-state index in [0.717, 1.165) is 6.07 Å². The number of nitrogens with one attached hydrogen (secondary N) is 3. The maximum Gasteiger partial charge on any atom is 0.326 e. The summed E-state index contributed by atoms with van der Waals surface area (Å²) in [5.74, 6) is -0.260. The van der Waals surface area contributed by atoms with Crippen LogP contribution in [0.1, 0.15) is 10.5 Å². The Bertz CT molecular complexity index is 738. The third-order valence-electron chi connectivity index (χ3n) is 2.41. The summed E-state index contributed by atoms with van der Waals surface area (Å²) in [6.45, 7) is 0. The summed E-state index contributed by atoms with van der Waals surface area (Å²) in [7, 11) is 1.44. The van der Waals surface area contributed by atoms with Crippen LogP contribution in [0, 0.1) is 0 Å². The Labute approximate surface area is 117 Å². The highest BCUT2D eigenvalue weighted by atomic mass is 35.5. The van der Waals surface area contributed by atoms with Gasteiger partial charge in [0, 0.05) is 11.1 Å². The molecule has 3 N–H and O–H groups in total. The highest BCUT2D eigenvalue weighted by Crippen LogP contribution is 2.27. The summed E-state index contributed by atoms with van der Waals surface area (Å²) in [5.41, 5.74) is -1.27. The Morgan fingerprint density at radius 3 is 2.65 bits per heavy atom. The third kappa shape index (κ3) is 3.07. The molecule has 2 aromatic rings. The average Bonchev–Trinajstić information content (AvgIpc) is 2.37. The molecule has 0 atom stereocenters. The first-order valence-corrected chi connectivity index (χ1v) is 5.86. The standard InChI is InChI=1S/C12H10ClN3O4/c1-20-9-3-2-6(13)4-7(9)14-11(18)8-5-10(17)16-12(19)15-8/h2-5H,1H3,(H,14,18)(H2,15,16,17,19). The lowest BCUT2D eigenvalue weighted by Gasteiger charge is -2.10. The smallest absolute Gasteiger partial charge is 0.326 e. The number of aromatic nitrogens is 2. The van der Waals surface area contributed by atoms with Gasteiger partial charge in [-0.2, -0.15) is 0 Å². The van der Waals surface area contributed by atoms with E-state index in [9.17, 15) is 14.4 Å². The molecule has 0 fully saturated rings. The molecule has 1 aromatic heterocycles. The van der Waals surface area contributed by atoms with Crippen molar-refractivity contribution in [3.05, 3.63) is 55.8 Å². The van der Waals surface area contributed by atoms with Crippen molar-refractivity contribution in [3.63, 3.8) is 0 Å². The van der Waals surface area contributed by atoms with Gasteiger partial charge in [-0.05, 0) is 18.2 Å². The minimum atomic E-state index is -0.763. The molecule has 1 amide bonds. The van der Waals surface area contributed by atoms with Crippen LogP contribution in [0.3, 0.4) is 0 Å². The van der Waals surface area contributed by atoms with E-state index >= 15 is 0 Å². The highest BCUT2D eigenvalue weighted by molar-refractivity contribution is 6.31. The predicted molar refractivity (Wildman–Crippen MR) is 73.6 cm³/mol. The molecule has 7 nitrogen and oxygen atoms in total. The fourth-order valence-corrected chi connectivity index (χ4v) is 1.73. The van der Waals surface area contributed by atoms with Crippen molar-refractivity contribution in [1.82, 2.24) is 9.97 Å². The Hall–Kier alpha value is -2.54. The molecule has 0 aliphatic rings. The molecule has 0 radical (unpaired) electrons. The van der Waals surface area contributed by atoms with Gasteiger partial charge >= 0.3 is 5.69 Å². The van der Waals surface area contributed by atoms with E-state index in [1.807, 2.05) is 4.98 Å². The van der Waals surface area contributed by atoms with Crippen LogP contribution in [-0.4, -0.2) is 23.0 Å². The van der Waals surface area contributed by atoms with Crippen LogP contribution in [0.5, 0.6) is 5.75 Å². The number of hydrogen-bond acceptors (Lipinski definition) is 4. The largest absolute Gasteiger partial charge is 0.495 e. The summed E-state index contributed by atoms with van der Waals surface area (Å²) < 4.78 is 5.07. The predicted octanol–water partition coefficient (Wildman–Crippen LogP) is 0.977. The fraction of sp³-hybridized carbons (Fsp3) is 0.0833. The third-order valence-corrected chi connectivity index (χ3v) is 2.65. The van der Waals surface area contributed by atoms with Gasteiger partial charge in [-0.15, -0.1) is 0 Å². The van der Waals surface area contributed by atoms with Gasteiger partial charge in [-0.25, -0.2) is 4.79 Å². The molecular formula is C12H10ClN3O4. The van der Waals surface area contributed by atoms with Gasteiger partial charge in [0.05, 0.1) is 12.8 Å². The Morgan fingerprint density at radius 2 is 2.00 bits per heavy atom. The molecule has 0 spiro atoms. The zero-order valence-corrected chi connectivity index (χ0v) is 11.1. The van der Waals surface area contributed by atoms with Gasteiger partial charge in [0.2, 0.25) is 0 Å². The van der Waals surface area contributed by atoms with Crippen molar-refractivity contribution in [2.45, 2.75) is 0 Å². The van der Waals surface area contributed by atoms with Gasteiger partial charge in [-0.3, -0.25) is 14.6 Å². The lowest BCUT2D eigenvalue weighted by atomic mass is 10.2. The molecule has 0 bridgehead atoms. The van der Waals surface area contributed by atoms with Crippen LogP contribution in [-0.2, 0) is 0 Å². The number of ether oxygens (including phenoxy) is 1. The molecule has 0 unspecified atom stereocenters. The second kappa shape index (κ2) is 5.62. The summed E-state index contributed by atoms with van der Waals surface area (Å²) in [6, 6.07) is 5.65. The maximum atomic E-state index is 12.0. The number of halogens is 1. The summed E-state index contributed by atoms with van der Waals surface area (Å²) in [4.78, 5) is 38.4. The van der Waals surface area contributed by atoms with Gasteiger partial charge in [0.1, 0.15) is 11.4 Å². The fourth-order valence-electron chi connectivity index (χ4n) is 1.56. The summed E-state index contributed by atoms with van der Waals surface area (Å²) in [6.07, 6.45) is 0. The number of rotatable bonds is 3. The van der Waals surface area contributed by atoms with Gasteiger partial charge < -0.3 is 15.0 Å². The van der Waals surface area contributed by atoms with Crippen molar-refractivity contribution in [2.75, 3.05) is 12.4 Å². The van der Waals surface area contributed by atoms with Crippen LogP contribution in [0.4, 0.5) is 5.69 Å². The van der Waals surface area contributed by atoms with Crippen molar-refractivity contribution in [3.8, 4) is 5.75 Å². The van der Waals surface area contributed by atoms with Crippen LogP contribution < -0.4 is 21.3 Å². The second-order valence-corrected chi connectivity index (χ2v) is 4.24. The minimum Gasteiger partial charge on any atom is -0.495 e. The summed E-state index contributed by atoms with van der Waals surface area (Å²) in [5, 5.41) is 2.90. The zero-order valence-electron chi connectivity index (χ0n) is 10.3. The molecule has 1 heterocycles. The molecule has 0 aliphatic carbocycles. The van der Waals surface area contributed by atoms with Crippen molar-refractivity contribution in [1.29, 1.82) is 0 Å². The second-order valence-electron chi connectivity index (χ2n) is 3.80. The van der Waals surface area contributed by atoms with Crippen LogP contribution >= 0.6 is 11.6 Å². The van der Waals surface area contributed by atoms with Crippen molar-refractivity contribution in [2.24, 2.45) is 0 Å². The van der Waals surface area contributed by atoms with Crippen LogP contribution in [0.25, 0.3) is 0 Å². The number of carbonyl (C=O) groups excluding carboxylic acids is 1. The Morgan fingerprint density at radius 1 is 1.25 bits per heavy atom. The number of H-pyrrole nitrogens is 2. The molecule has 0 aliphatic heterocycles. The van der Waals surface area contributed by atoms with Gasteiger partial charge in [-0.1, -0.05) is 11.6 Å². The van der Waals surface area contributed by atoms with E-state index in [1.165, 1.54) is 13.2 Å². The summed E-state index contributed by atoms with van der Waals surface area (Å²) >= 11 is 5.83. The first-order valence-electron chi connectivity index (χ1n) is 5.48. The number of benzene rings is 1. The first-order chi connectivity index (χ1) is 9.49. The van der Waals surface area contributed by atoms with Crippen LogP contribution in [0.2, 0.25) is 5.02 Å². The Balaban J connectivity index is 2.34. The molecule has 20 heavy (non-hydrogen) atoms. The lowest BCUT2D eigenvalue weighted by molar-refractivity contribution is 0.102. The van der Waals surface area contributed by atoms with E-state index in [-0.39, 0.29) is 5.69 Å². The average molecular weight is 296 g/mol. The molecule has 0 saturated heterocycles. The van der Waals surface area contributed by atoms with Crippen LogP contribution in [0.15, 0.2) is 33.9 Å². The molecule has 1 aromatic carbocycles. The molecule has 104 valence electrons. The minimum absolute atomic E-state index is 0.166. The number of hydrogen-bond donors (Lipinski definition) is 3. The number of amides is 1. The number of methoxy groups -OCH3 is 1.